The zero-order valence-electron chi connectivity index (χ0n) is 25.7. The Morgan fingerprint density at radius 1 is 0.978 bits per heavy atom. The van der Waals surface area contributed by atoms with Crippen LogP contribution >= 0.6 is 23.2 Å². The Labute approximate surface area is 278 Å². The number of hydrogen-bond donors (Lipinski definition) is 1. The van der Waals surface area contributed by atoms with Crippen LogP contribution in [-0.2, 0) is 21.7 Å². The molecule has 0 radical (unpaired) electrons. The minimum atomic E-state index is -0.884. The number of rotatable bonds is 8. The monoisotopic (exact) mass is 660 g/mol. The van der Waals surface area contributed by atoms with Crippen molar-refractivity contribution in [3.63, 3.8) is 0 Å². The van der Waals surface area contributed by atoms with E-state index in [1.165, 1.54) is 17.0 Å². The number of halogens is 3. The molecule has 46 heavy (non-hydrogen) atoms. The molecule has 10 heteroatoms. The Hall–Kier alpha value is -3.98. The first kappa shape index (κ1) is 32.0. The molecule has 4 aromatic rings. The number of anilines is 1. The molecule has 3 heterocycles. The van der Waals surface area contributed by atoms with Gasteiger partial charge in [-0.1, -0.05) is 53.5 Å². The van der Waals surface area contributed by atoms with Gasteiger partial charge in [-0.25, -0.2) is 9.18 Å². The Morgan fingerprint density at radius 3 is 2.37 bits per heavy atom. The standard InChI is InChI=1S/C36H35Cl2FN4O3/c1-23(43-17-13-36(14-18-43)30-21-28(39)8-10-33(30)42(2)35(45)46-36)19-29(27-7-9-31(37)32(38)20-27)34(44)41-22-24-3-5-25(6-4-24)26-11-15-40-16-12-26/h3-12,15-16,20-21,23,29H,13-14,17-19,22H2,1-2H3,(H,41,44). The molecule has 1 spiro atoms. The summed E-state index contributed by atoms with van der Waals surface area (Å²) in [6.45, 7) is 3.72. The quantitative estimate of drug-likeness (QED) is 0.208. The number of ether oxygens (including phenoxy) is 1. The molecule has 0 saturated carbocycles. The summed E-state index contributed by atoms with van der Waals surface area (Å²) in [4.78, 5) is 34.3. The minimum Gasteiger partial charge on any atom is -0.437 e. The van der Waals surface area contributed by atoms with Crippen LogP contribution < -0.4 is 10.2 Å². The van der Waals surface area contributed by atoms with Crippen LogP contribution in [0.2, 0.25) is 10.0 Å². The number of carbonyl (C=O) groups is 2. The molecule has 6 rings (SSSR count). The maximum absolute atomic E-state index is 14.3. The Morgan fingerprint density at radius 2 is 1.67 bits per heavy atom. The van der Waals surface area contributed by atoms with Crippen molar-refractivity contribution in [1.82, 2.24) is 15.2 Å². The second-order valence-electron chi connectivity index (χ2n) is 12.1. The summed E-state index contributed by atoms with van der Waals surface area (Å²) in [6.07, 6.45) is 4.66. The fourth-order valence-corrected chi connectivity index (χ4v) is 6.84. The van der Waals surface area contributed by atoms with Gasteiger partial charge in [-0.05, 0) is 78.1 Å². The van der Waals surface area contributed by atoms with Crippen LogP contribution in [0.25, 0.3) is 11.1 Å². The Balaban J connectivity index is 1.15. The zero-order chi connectivity index (χ0) is 32.4. The van der Waals surface area contributed by atoms with Gasteiger partial charge in [-0.2, -0.15) is 0 Å². The van der Waals surface area contributed by atoms with Crippen molar-refractivity contribution < 1.29 is 18.7 Å². The minimum absolute atomic E-state index is 0.0103. The van der Waals surface area contributed by atoms with E-state index in [0.717, 1.165) is 22.3 Å². The first-order valence-electron chi connectivity index (χ1n) is 15.4. The molecular formula is C36H35Cl2FN4O3. The van der Waals surface area contributed by atoms with E-state index in [2.05, 4.69) is 22.1 Å². The summed E-state index contributed by atoms with van der Waals surface area (Å²) in [5.74, 6) is -0.946. The van der Waals surface area contributed by atoms with Crippen molar-refractivity contribution in [3.8, 4) is 11.1 Å². The smallest absolute Gasteiger partial charge is 0.414 e. The fourth-order valence-electron chi connectivity index (χ4n) is 6.54. The van der Waals surface area contributed by atoms with Crippen molar-refractivity contribution in [2.45, 2.75) is 50.3 Å². The number of nitrogens with one attached hydrogen (secondary N) is 1. The lowest BCUT2D eigenvalue weighted by Crippen LogP contribution is -2.52. The van der Waals surface area contributed by atoms with Gasteiger partial charge >= 0.3 is 6.09 Å². The Kier molecular flexibility index (Phi) is 9.32. The number of fused-ring (bicyclic) bond motifs is 2. The van der Waals surface area contributed by atoms with Gasteiger partial charge in [-0.15, -0.1) is 0 Å². The van der Waals surface area contributed by atoms with Crippen LogP contribution in [0.5, 0.6) is 0 Å². The van der Waals surface area contributed by atoms with Crippen molar-refractivity contribution >= 4 is 40.9 Å². The van der Waals surface area contributed by atoms with Crippen molar-refractivity contribution in [1.29, 1.82) is 0 Å². The van der Waals surface area contributed by atoms with E-state index in [-0.39, 0.29) is 17.8 Å². The fraction of sp³-hybridized carbons (Fsp3) is 0.306. The van der Waals surface area contributed by atoms with Crippen molar-refractivity contribution in [2.75, 3.05) is 25.0 Å². The number of aromatic nitrogens is 1. The number of pyridine rings is 1. The first-order chi connectivity index (χ1) is 22.1. The second-order valence-corrected chi connectivity index (χ2v) is 12.9. The third-order valence-corrected chi connectivity index (χ3v) is 10.0. The molecule has 2 amide bonds. The molecule has 238 valence electrons. The summed E-state index contributed by atoms with van der Waals surface area (Å²) < 4.78 is 20.3. The first-order valence-corrected chi connectivity index (χ1v) is 16.1. The number of piperidine rings is 1. The van der Waals surface area contributed by atoms with E-state index >= 15 is 0 Å². The van der Waals surface area contributed by atoms with Crippen LogP contribution in [0.4, 0.5) is 14.9 Å². The van der Waals surface area contributed by atoms with E-state index < -0.39 is 17.6 Å². The molecule has 1 saturated heterocycles. The number of benzene rings is 3. The predicted molar refractivity (Wildman–Crippen MR) is 179 cm³/mol. The summed E-state index contributed by atoms with van der Waals surface area (Å²) in [7, 11) is 1.63. The zero-order valence-corrected chi connectivity index (χ0v) is 27.2. The van der Waals surface area contributed by atoms with Gasteiger partial charge in [0, 0.05) is 63.5 Å². The van der Waals surface area contributed by atoms with Crippen molar-refractivity contribution in [3.05, 3.63) is 118 Å². The molecule has 0 bridgehead atoms. The van der Waals surface area contributed by atoms with Gasteiger partial charge in [0.1, 0.15) is 11.4 Å². The number of carbonyl (C=O) groups excluding carboxylic acids is 2. The predicted octanol–water partition coefficient (Wildman–Crippen LogP) is 7.95. The third kappa shape index (κ3) is 6.61. The average Bonchev–Trinajstić information content (AvgIpc) is 3.07. The molecule has 2 aliphatic rings. The molecule has 2 unspecified atom stereocenters. The highest BCUT2D eigenvalue weighted by molar-refractivity contribution is 6.42. The highest BCUT2D eigenvalue weighted by atomic mass is 35.5. The van der Waals surface area contributed by atoms with Gasteiger partial charge in [0.05, 0.1) is 21.7 Å². The molecule has 2 aliphatic heterocycles. The van der Waals surface area contributed by atoms with Gasteiger partial charge in [-0.3, -0.25) is 14.7 Å². The molecule has 3 aromatic carbocycles. The number of nitrogens with zero attached hydrogens (tertiary/aromatic N) is 3. The number of likely N-dealkylation sites (tertiary alicyclic amines) is 1. The maximum Gasteiger partial charge on any atom is 0.414 e. The normalized spacial score (nSPS) is 17.2. The van der Waals surface area contributed by atoms with Crippen LogP contribution in [0, 0.1) is 5.82 Å². The summed E-state index contributed by atoms with van der Waals surface area (Å²) in [6, 6.07) is 21.8. The van der Waals surface area contributed by atoms with Crippen LogP contribution in [-0.4, -0.2) is 48.1 Å². The van der Waals surface area contributed by atoms with Gasteiger partial charge in [0.25, 0.3) is 0 Å². The summed E-state index contributed by atoms with van der Waals surface area (Å²) in [5, 5.41) is 3.95. The lowest BCUT2D eigenvalue weighted by molar-refractivity contribution is -0.123. The second kappa shape index (κ2) is 13.4. The van der Waals surface area contributed by atoms with Gasteiger partial charge < -0.3 is 15.0 Å². The van der Waals surface area contributed by atoms with E-state index in [0.29, 0.717) is 60.2 Å². The van der Waals surface area contributed by atoms with Crippen LogP contribution in [0.3, 0.4) is 0 Å². The summed E-state index contributed by atoms with van der Waals surface area (Å²) in [5.41, 5.74) is 4.41. The molecule has 2 atom stereocenters. The van der Waals surface area contributed by atoms with Gasteiger partial charge in [0.15, 0.2) is 0 Å². The lowest BCUT2D eigenvalue weighted by Gasteiger charge is -2.47. The highest BCUT2D eigenvalue weighted by Crippen LogP contribution is 2.46. The number of hydrogen-bond acceptors (Lipinski definition) is 5. The highest BCUT2D eigenvalue weighted by Gasteiger charge is 2.47. The van der Waals surface area contributed by atoms with Gasteiger partial charge in [0.2, 0.25) is 5.91 Å². The average molecular weight is 662 g/mol. The number of amides is 2. The largest absolute Gasteiger partial charge is 0.437 e. The molecular weight excluding hydrogens is 626 g/mol. The van der Waals surface area contributed by atoms with Crippen LogP contribution in [0.1, 0.15) is 48.8 Å². The Bertz CT molecular complexity index is 1730. The lowest BCUT2D eigenvalue weighted by atomic mass is 9.81. The SMILES string of the molecule is CC(CC(C(=O)NCc1ccc(-c2ccncc2)cc1)c1ccc(Cl)c(Cl)c1)N1CCC2(CC1)OC(=O)N(C)c1ccc(F)cc12. The van der Waals surface area contributed by atoms with Crippen LogP contribution in [0.15, 0.2) is 85.2 Å². The molecule has 1 N–H and O–H groups in total. The van der Waals surface area contributed by atoms with E-state index in [1.54, 1.807) is 37.6 Å². The molecule has 1 aromatic heterocycles. The van der Waals surface area contributed by atoms with E-state index in [9.17, 15) is 14.0 Å². The molecule has 0 aliphatic carbocycles. The van der Waals surface area contributed by atoms with Crippen molar-refractivity contribution in [2.24, 2.45) is 0 Å². The molecule has 7 nitrogen and oxygen atoms in total. The van der Waals surface area contributed by atoms with E-state index in [4.69, 9.17) is 27.9 Å². The maximum atomic E-state index is 14.3. The van der Waals surface area contributed by atoms with E-state index in [1.807, 2.05) is 42.5 Å². The summed E-state index contributed by atoms with van der Waals surface area (Å²) >= 11 is 12.6. The molecule has 1 fully saturated rings. The third-order valence-electron chi connectivity index (χ3n) is 9.27. The topological polar surface area (TPSA) is 74.8 Å².